The fourth-order valence-electron chi connectivity index (χ4n) is 3.45. The summed E-state index contributed by atoms with van der Waals surface area (Å²) in [6, 6.07) is 17.5. The first-order valence-electron chi connectivity index (χ1n) is 9.96. The standard InChI is InChI=1S/C23H20BrClN4O3S/c1-14-3-8-19(9-4-14)29(33(31)32)27-23(30)16-6-10-21-22(11-16)28(15(2)26-21)13-17-5-7-18(24)12-20(17)25/h3-12,33H,13H2,1-2H3,(H,27,30). The van der Waals surface area contributed by atoms with Crippen LogP contribution in [0, 0.1) is 13.8 Å². The largest absolute Gasteiger partial charge is 0.324 e. The molecule has 170 valence electrons. The highest BCUT2D eigenvalue weighted by atomic mass is 79.9. The predicted octanol–water partition coefficient (Wildman–Crippen LogP) is 4.80. The average molecular weight is 548 g/mol. The van der Waals surface area contributed by atoms with E-state index in [1.807, 2.05) is 36.6 Å². The van der Waals surface area contributed by atoms with Crippen molar-refractivity contribution in [2.75, 3.05) is 4.41 Å². The molecule has 0 radical (unpaired) electrons. The molecule has 4 rings (SSSR count). The predicted molar refractivity (Wildman–Crippen MR) is 134 cm³/mol. The number of carbonyl (C=O) groups is 1. The molecule has 0 bridgehead atoms. The number of anilines is 1. The van der Waals surface area contributed by atoms with E-state index in [-0.39, 0.29) is 0 Å². The number of amides is 1. The lowest BCUT2D eigenvalue weighted by molar-refractivity contribution is 0.0956. The number of rotatable bonds is 6. The van der Waals surface area contributed by atoms with Crippen molar-refractivity contribution >= 4 is 61.0 Å². The van der Waals surface area contributed by atoms with Gasteiger partial charge in [-0.2, -0.15) is 4.41 Å². The molecule has 4 aromatic rings. The van der Waals surface area contributed by atoms with Gasteiger partial charge in [0.2, 0.25) is 10.9 Å². The molecule has 0 saturated heterocycles. The van der Waals surface area contributed by atoms with Gasteiger partial charge in [-0.15, -0.1) is 0 Å². The van der Waals surface area contributed by atoms with E-state index in [2.05, 4.69) is 26.3 Å². The summed E-state index contributed by atoms with van der Waals surface area (Å²) in [5.74, 6) is 0.217. The van der Waals surface area contributed by atoms with Crippen molar-refractivity contribution < 1.29 is 13.2 Å². The highest BCUT2D eigenvalue weighted by Crippen LogP contribution is 2.25. The van der Waals surface area contributed by atoms with E-state index in [9.17, 15) is 13.2 Å². The second-order valence-electron chi connectivity index (χ2n) is 7.51. The van der Waals surface area contributed by atoms with Gasteiger partial charge in [0, 0.05) is 15.1 Å². The first kappa shape index (κ1) is 23.3. The lowest BCUT2D eigenvalue weighted by Crippen LogP contribution is -2.41. The van der Waals surface area contributed by atoms with Crippen molar-refractivity contribution in [3.8, 4) is 0 Å². The smallest absolute Gasteiger partial charge is 0.270 e. The molecular formula is C23H20BrClN4O3S. The van der Waals surface area contributed by atoms with Gasteiger partial charge >= 0.3 is 0 Å². The Bertz CT molecular complexity index is 1430. The fourth-order valence-corrected chi connectivity index (χ4v) is 4.68. The molecule has 0 atom stereocenters. The van der Waals surface area contributed by atoms with Crippen molar-refractivity contribution in [2.24, 2.45) is 0 Å². The maximum Gasteiger partial charge on any atom is 0.270 e. The lowest BCUT2D eigenvalue weighted by Gasteiger charge is -2.18. The van der Waals surface area contributed by atoms with Gasteiger partial charge in [-0.25, -0.2) is 18.8 Å². The highest BCUT2D eigenvalue weighted by molar-refractivity contribution is 9.10. The Morgan fingerprint density at radius 1 is 1.09 bits per heavy atom. The minimum Gasteiger partial charge on any atom is -0.324 e. The average Bonchev–Trinajstić information content (AvgIpc) is 3.08. The summed E-state index contributed by atoms with van der Waals surface area (Å²) in [5, 5.41) is 0.618. The van der Waals surface area contributed by atoms with Crippen LogP contribution >= 0.6 is 27.5 Å². The van der Waals surface area contributed by atoms with Crippen molar-refractivity contribution in [1.82, 2.24) is 15.0 Å². The monoisotopic (exact) mass is 546 g/mol. The van der Waals surface area contributed by atoms with Gasteiger partial charge in [0.05, 0.1) is 23.3 Å². The number of carbonyl (C=O) groups excluding carboxylic acids is 1. The number of hydrogen-bond acceptors (Lipinski definition) is 4. The molecule has 0 spiro atoms. The Labute approximate surface area is 206 Å². The molecule has 1 amide bonds. The number of thiol groups is 1. The summed E-state index contributed by atoms with van der Waals surface area (Å²) in [7, 11) is -3.08. The third-order valence-corrected chi connectivity index (χ3v) is 6.70. The molecular weight excluding hydrogens is 528 g/mol. The zero-order valence-corrected chi connectivity index (χ0v) is 21.0. The number of aryl methyl sites for hydroxylation is 2. The Hall–Kier alpha value is -2.88. The van der Waals surface area contributed by atoms with Gasteiger partial charge in [-0.3, -0.25) is 4.79 Å². The normalized spacial score (nSPS) is 11.2. The maximum atomic E-state index is 12.9. The van der Waals surface area contributed by atoms with Crippen LogP contribution in [0.15, 0.2) is 65.1 Å². The molecule has 0 fully saturated rings. The molecule has 33 heavy (non-hydrogen) atoms. The first-order chi connectivity index (χ1) is 15.7. The summed E-state index contributed by atoms with van der Waals surface area (Å²) in [6.07, 6.45) is 0. The van der Waals surface area contributed by atoms with E-state index in [1.165, 1.54) is 0 Å². The summed E-state index contributed by atoms with van der Waals surface area (Å²) in [4.78, 5) is 17.5. The molecule has 7 nitrogen and oxygen atoms in total. The molecule has 0 aliphatic heterocycles. The van der Waals surface area contributed by atoms with E-state index < -0.39 is 16.8 Å². The van der Waals surface area contributed by atoms with Crippen LogP contribution in [-0.2, 0) is 17.4 Å². The molecule has 0 aliphatic rings. The molecule has 1 heterocycles. The van der Waals surface area contributed by atoms with Gasteiger partial charge in [0.15, 0.2) is 0 Å². The van der Waals surface area contributed by atoms with Gasteiger partial charge < -0.3 is 4.57 Å². The van der Waals surface area contributed by atoms with Crippen LogP contribution in [0.2, 0.25) is 5.02 Å². The Morgan fingerprint density at radius 3 is 2.48 bits per heavy atom. The summed E-state index contributed by atoms with van der Waals surface area (Å²) >= 11 is 9.80. The Morgan fingerprint density at radius 2 is 1.82 bits per heavy atom. The Balaban J connectivity index is 1.66. The van der Waals surface area contributed by atoms with Crippen LogP contribution in [0.1, 0.15) is 27.3 Å². The van der Waals surface area contributed by atoms with E-state index in [1.54, 1.807) is 42.5 Å². The lowest BCUT2D eigenvalue weighted by atomic mass is 10.1. The maximum absolute atomic E-state index is 12.9. The minimum atomic E-state index is -3.08. The molecule has 0 aliphatic carbocycles. The van der Waals surface area contributed by atoms with Gasteiger partial charge in [-0.05, 0) is 61.9 Å². The quantitative estimate of drug-likeness (QED) is 0.268. The zero-order valence-electron chi connectivity index (χ0n) is 17.8. The van der Waals surface area contributed by atoms with Crippen LogP contribution in [-0.4, -0.2) is 23.9 Å². The number of benzene rings is 3. The molecule has 1 aromatic heterocycles. The molecule has 10 heteroatoms. The number of hydrogen-bond donors (Lipinski definition) is 2. The minimum absolute atomic E-state index is 0.305. The molecule has 0 unspecified atom stereocenters. The van der Waals surface area contributed by atoms with Gasteiger partial charge in [0.1, 0.15) is 5.82 Å². The number of aromatic nitrogens is 2. The van der Waals surface area contributed by atoms with E-state index in [0.29, 0.717) is 22.8 Å². The van der Waals surface area contributed by atoms with Crippen molar-refractivity contribution in [1.29, 1.82) is 0 Å². The summed E-state index contributed by atoms with van der Waals surface area (Å²) < 4.78 is 27.3. The number of nitrogens with one attached hydrogen (secondary N) is 1. The van der Waals surface area contributed by atoms with Crippen LogP contribution < -0.4 is 9.84 Å². The van der Waals surface area contributed by atoms with Crippen LogP contribution in [0.5, 0.6) is 0 Å². The van der Waals surface area contributed by atoms with Crippen LogP contribution in [0.4, 0.5) is 5.69 Å². The molecule has 0 saturated carbocycles. The van der Waals surface area contributed by atoms with Crippen molar-refractivity contribution in [3.05, 3.63) is 92.7 Å². The SMILES string of the molecule is Cc1ccc(N(NC(=O)c2ccc3nc(C)n(Cc4ccc(Br)cc4Cl)c3c2)[SH](=O)=O)cc1. The second kappa shape index (κ2) is 9.54. The first-order valence-corrected chi connectivity index (χ1v) is 12.3. The second-order valence-corrected chi connectivity index (χ2v) is 9.71. The van der Waals surface area contributed by atoms with Crippen LogP contribution in [0.25, 0.3) is 11.0 Å². The van der Waals surface area contributed by atoms with E-state index in [0.717, 1.165) is 36.9 Å². The number of fused-ring (bicyclic) bond motifs is 1. The highest BCUT2D eigenvalue weighted by Gasteiger charge is 2.17. The van der Waals surface area contributed by atoms with Crippen LogP contribution in [0.3, 0.4) is 0 Å². The van der Waals surface area contributed by atoms with Crippen molar-refractivity contribution in [3.63, 3.8) is 0 Å². The number of hydrazine groups is 1. The third kappa shape index (κ3) is 5.05. The zero-order chi connectivity index (χ0) is 23.7. The Kier molecular flexibility index (Phi) is 6.73. The van der Waals surface area contributed by atoms with Gasteiger partial charge in [-0.1, -0.05) is 51.3 Å². The molecule has 1 N–H and O–H groups in total. The fraction of sp³-hybridized carbons (Fsp3) is 0.130. The topological polar surface area (TPSA) is 84.3 Å². The van der Waals surface area contributed by atoms with Crippen molar-refractivity contribution in [2.45, 2.75) is 20.4 Å². The summed E-state index contributed by atoms with van der Waals surface area (Å²) in [5.41, 5.74) is 6.47. The van der Waals surface area contributed by atoms with Gasteiger partial charge in [0.25, 0.3) is 5.91 Å². The van der Waals surface area contributed by atoms with E-state index in [4.69, 9.17) is 11.6 Å². The number of nitrogens with zero attached hydrogens (tertiary/aromatic N) is 3. The van der Waals surface area contributed by atoms with E-state index >= 15 is 0 Å². The number of imidazole rings is 1. The molecule has 3 aromatic carbocycles. The number of halogens is 2. The summed E-state index contributed by atoms with van der Waals surface area (Å²) in [6.45, 7) is 4.25. The third-order valence-electron chi connectivity index (χ3n) is 5.19.